The van der Waals surface area contributed by atoms with E-state index in [4.69, 9.17) is 0 Å². The van der Waals surface area contributed by atoms with Crippen molar-refractivity contribution in [2.24, 2.45) is 0 Å². The summed E-state index contributed by atoms with van der Waals surface area (Å²) in [6.07, 6.45) is -0.643. The lowest BCUT2D eigenvalue weighted by molar-refractivity contribution is 0.196. The highest BCUT2D eigenvalue weighted by atomic mass is 32.2. The largest absolute Gasteiger partial charge is 0.389 e. The topological polar surface area (TPSA) is 37.3 Å². The molecule has 2 nitrogen and oxygen atoms in total. The zero-order chi connectivity index (χ0) is 19.6. The Balaban J connectivity index is 2.77. The van der Waals surface area contributed by atoms with Gasteiger partial charge in [-0.25, -0.2) is 4.21 Å². The van der Waals surface area contributed by atoms with Gasteiger partial charge in [0.05, 0.1) is 21.8 Å². The first-order valence-corrected chi connectivity index (χ1v) is 10.7. The maximum Gasteiger partial charge on any atom is 0.0859 e. The first-order valence-electron chi connectivity index (χ1n) is 9.51. The summed E-state index contributed by atoms with van der Waals surface area (Å²) in [5.41, 5.74) is 4.34. The van der Waals surface area contributed by atoms with Crippen LogP contribution in [0.5, 0.6) is 0 Å². The Kier molecular flexibility index (Phi) is 6.81. The van der Waals surface area contributed by atoms with Crippen molar-refractivity contribution in [2.45, 2.75) is 82.1 Å². The fourth-order valence-electron chi connectivity index (χ4n) is 3.21. The fourth-order valence-corrected chi connectivity index (χ4v) is 5.10. The lowest BCUT2D eigenvalue weighted by Crippen LogP contribution is -2.10. The van der Waals surface area contributed by atoms with Crippen molar-refractivity contribution in [1.29, 1.82) is 0 Å². The van der Waals surface area contributed by atoms with Crippen molar-refractivity contribution < 1.29 is 9.32 Å². The molecule has 0 aliphatic carbocycles. The molecule has 2 aromatic rings. The Bertz CT molecular complexity index is 760. The maximum atomic E-state index is 13.7. The molecule has 0 heterocycles. The van der Waals surface area contributed by atoms with E-state index in [2.05, 4.69) is 53.7 Å². The monoisotopic (exact) mass is 372 g/mol. The van der Waals surface area contributed by atoms with Crippen LogP contribution in [0.1, 0.15) is 94.6 Å². The summed E-state index contributed by atoms with van der Waals surface area (Å²) in [6, 6.07) is 12.0. The van der Waals surface area contributed by atoms with E-state index >= 15 is 0 Å². The van der Waals surface area contributed by atoms with Gasteiger partial charge in [-0.2, -0.15) is 0 Å². The molecule has 0 amide bonds. The molecule has 2 aromatic carbocycles. The van der Waals surface area contributed by atoms with Crippen LogP contribution in [0.25, 0.3) is 0 Å². The molecule has 0 fully saturated rings. The lowest BCUT2D eigenvalue weighted by Gasteiger charge is -2.23. The van der Waals surface area contributed by atoms with Crippen LogP contribution in [0.4, 0.5) is 0 Å². The van der Waals surface area contributed by atoms with Crippen LogP contribution in [-0.4, -0.2) is 9.32 Å². The van der Waals surface area contributed by atoms with Gasteiger partial charge in [0, 0.05) is 4.90 Å². The number of hydrogen-bond donors (Lipinski definition) is 1. The average Bonchev–Trinajstić information content (AvgIpc) is 2.59. The van der Waals surface area contributed by atoms with Gasteiger partial charge in [-0.05, 0) is 53.0 Å². The number of aliphatic hydroxyl groups is 1. The Morgan fingerprint density at radius 1 is 0.769 bits per heavy atom. The van der Waals surface area contributed by atoms with Crippen LogP contribution in [0.3, 0.4) is 0 Å². The highest BCUT2D eigenvalue weighted by molar-refractivity contribution is 7.85. The van der Waals surface area contributed by atoms with Crippen molar-refractivity contribution in [3.05, 3.63) is 58.7 Å². The smallest absolute Gasteiger partial charge is 0.0859 e. The summed E-state index contributed by atoms with van der Waals surface area (Å²) in [4.78, 5) is 1.64. The summed E-state index contributed by atoms with van der Waals surface area (Å²) < 4.78 is 13.7. The quantitative estimate of drug-likeness (QED) is 0.648. The van der Waals surface area contributed by atoms with Gasteiger partial charge in [0.15, 0.2) is 0 Å². The third kappa shape index (κ3) is 4.27. The highest BCUT2D eigenvalue weighted by Crippen LogP contribution is 2.37. The molecule has 0 saturated heterocycles. The lowest BCUT2D eigenvalue weighted by atomic mass is 9.89. The van der Waals surface area contributed by atoms with E-state index in [1.807, 2.05) is 24.3 Å². The van der Waals surface area contributed by atoms with E-state index in [9.17, 15) is 9.32 Å². The second-order valence-electron chi connectivity index (χ2n) is 7.98. The van der Waals surface area contributed by atoms with Gasteiger partial charge in [0.2, 0.25) is 0 Å². The summed E-state index contributed by atoms with van der Waals surface area (Å²) >= 11 is 0. The first kappa shape index (κ1) is 20.9. The Morgan fingerprint density at radius 2 is 1.27 bits per heavy atom. The van der Waals surface area contributed by atoms with Crippen LogP contribution in [-0.2, 0) is 10.8 Å². The molecule has 0 aliphatic rings. The van der Waals surface area contributed by atoms with Crippen LogP contribution in [0.2, 0.25) is 0 Å². The maximum absolute atomic E-state index is 13.7. The van der Waals surface area contributed by atoms with Crippen LogP contribution < -0.4 is 0 Å². The van der Waals surface area contributed by atoms with Crippen molar-refractivity contribution in [3.8, 4) is 0 Å². The zero-order valence-corrected chi connectivity index (χ0v) is 17.9. The highest BCUT2D eigenvalue weighted by Gasteiger charge is 2.24. The third-order valence-electron chi connectivity index (χ3n) is 4.83. The van der Waals surface area contributed by atoms with Gasteiger partial charge in [-0.1, -0.05) is 71.9 Å². The Labute approximate surface area is 161 Å². The van der Waals surface area contributed by atoms with E-state index in [1.165, 1.54) is 5.56 Å². The van der Waals surface area contributed by atoms with E-state index in [0.717, 1.165) is 21.6 Å². The van der Waals surface area contributed by atoms with Gasteiger partial charge >= 0.3 is 0 Å². The molecule has 2 rings (SSSR count). The minimum Gasteiger partial charge on any atom is -0.389 e. The van der Waals surface area contributed by atoms with Crippen LogP contribution >= 0.6 is 0 Å². The van der Waals surface area contributed by atoms with Gasteiger partial charge < -0.3 is 5.11 Å². The standard InChI is InChI=1S/C23H32O2S/c1-14(2)18-12-20(15(3)4)23(21(13-18)16(5)6)26(25)22-11-9-8-10-19(22)17(7)24/h8-17,24H,1-7H3. The summed E-state index contributed by atoms with van der Waals surface area (Å²) in [7, 11) is -1.32. The second kappa shape index (κ2) is 8.49. The summed E-state index contributed by atoms with van der Waals surface area (Å²) in [5.74, 6) is 0.991. The normalized spacial score (nSPS) is 14.3. The first-order chi connectivity index (χ1) is 12.1. The summed E-state index contributed by atoms with van der Waals surface area (Å²) in [5, 5.41) is 10.1. The van der Waals surface area contributed by atoms with E-state index < -0.39 is 16.9 Å². The van der Waals surface area contributed by atoms with Gasteiger partial charge in [-0.3, -0.25) is 0 Å². The molecule has 26 heavy (non-hydrogen) atoms. The molecular weight excluding hydrogens is 340 g/mol. The second-order valence-corrected chi connectivity index (χ2v) is 9.36. The molecule has 142 valence electrons. The molecule has 0 radical (unpaired) electrons. The van der Waals surface area contributed by atoms with E-state index in [0.29, 0.717) is 10.8 Å². The molecule has 3 heteroatoms. The van der Waals surface area contributed by atoms with Crippen molar-refractivity contribution in [1.82, 2.24) is 0 Å². The minimum absolute atomic E-state index is 0.281. The Hall–Kier alpha value is -1.45. The van der Waals surface area contributed by atoms with Crippen molar-refractivity contribution >= 4 is 10.8 Å². The molecule has 2 atom stereocenters. The number of rotatable bonds is 6. The average molecular weight is 373 g/mol. The number of hydrogen-bond acceptors (Lipinski definition) is 2. The van der Waals surface area contributed by atoms with Crippen LogP contribution in [0.15, 0.2) is 46.2 Å². The van der Waals surface area contributed by atoms with E-state index in [-0.39, 0.29) is 11.8 Å². The van der Waals surface area contributed by atoms with Gasteiger partial charge in [0.1, 0.15) is 0 Å². The molecule has 0 spiro atoms. The predicted molar refractivity (Wildman–Crippen MR) is 110 cm³/mol. The van der Waals surface area contributed by atoms with Crippen molar-refractivity contribution in [3.63, 3.8) is 0 Å². The number of aliphatic hydroxyl groups excluding tert-OH is 1. The zero-order valence-electron chi connectivity index (χ0n) is 17.0. The SMILES string of the molecule is CC(C)c1cc(C(C)C)c(S(=O)c2ccccc2C(C)O)c(C(C)C)c1. The minimum atomic E-state index is -1.32. The van der Waals surface area contributed by atoms with Crippen molar-refractivity contribution in [2.75, 3.05) is 0 Å². The van der Waals surface area contributed by atoms with E-state index in [1.54, 1.807) is 6.92 Å². The number of benzene rings is 2. The molecule has 0 bridgehead atoms. The van der Waals surface area contributed by atoms with Gasteiger partial charge in [0.25, 0.3) is 0 Å². The Morgan fingerprint density at radius 3 is 1.69 bits per heavy atom. The summed E-state index contributed by atoms with van der Waals surface area (Å²) in [6.45, 7) is 14.8. The molecule has 0 aromatic heterocycles. The van der Waals surface area contributed by atoms with Crippen LogP contribution in [0, 0.1) is 0 Å². The predicted octanol–water partition coefficient (Wildman–Crippen LogP) is 6.28. The molecular formula is C23H32O2S. The third-order valence-corrected chi connectivity index (χ3v) is 6.45. The molecule has 1 N–H and O–H groups in total. The fraction of sp³-hybridized carbons (Fsp3) is 0.478. The molecule has 0 saturated carbocycles. The molecule has 0 aliphatic heterocycles. The van der Waals surface area contributed by atoms with Gasteiger partial charge in [-0.15, -0.1) is 0 Å². The molecule has 2 unspecified atom stereocenters.